The van der Waals surface area contributed by atoms with E-state index >= 15 is 0 Å². The highest BCUT2D eigenvalue weighted by Crippen LogP contribution is 2.20. The zero-order valence-electron chi connectivity index (χ0n) is 24.0. The quantitative estimate of drug-likeness (QED) is 0.224. The molecule has 3 N–H and O–H groups in total. The molecule has 0 bridgehead atoms. The number of alkyl carbamates (subject to hydrolysis) is 1. The van der Waals surface area contributed by atoms with Crippen molar-refractivity contribution < 1.29 is 33.5 Å². The maximum Gasteiger partial charge on any atom is 0.408 e. The fraction of sp³-hybridized carbons (Fsp3) is 0.281. The Hall–Kier alpha value is -4.71. The summed E-state index contributed by atoms with van der Waals surface area (Å²) in [6.45, 7) is 1.99. The minimum Gasteiger partial charge on any atom is -0.462 e. The molecule has 3 amide bonds. The lowest BCUT2D eigenvalue weighted by Crippen LogP contribution is -2.54. The first-order valence-corrected chi connectivity index (χ1v) is 14.9. The van der Waals surface area contributed by atoms with Crippen molar-refractivity contribution in [2.75, 3.05) is 11.9 Å². The number of anilines is 1. The molecule has 1 heterocycles. The molecule has 1 aliphatic heterocycles. The van der Waals surface area contributed by atoms with Crippen LogP contribution in [0.2, 0.25) is 0 Å². The third-order valence-corrected chi connectivity index (χ3v) is 7.06. The second-order valence-corrected chi connectivity index (χ2v) is 10.8. The molecule has 44 heavy (non-hydrogen) atoms. The van der Waals surface area contributed by atoms with Crippen molar-refractivity contribution in [3.05, 3.63) is 102 Å². The van der Waals surface area contributed by atoms with Crippen molar-refractivity contribution in [1.82, 2.24) is 10.6 Å². The highest BCUT2D eigenvalue weighted by molar-refractivity contribution is 9.18. The first-order valence-electron chi connectivity index (χ1n) is 14.1. The van der Waals surface area contributed by atoms with Crippen LogP contribution in [0.1, 0.15) is 41.3 Å². The maximum atomic E-state index is 13.7. The number of nitrogens with zero attached hydrogens (tertiary/aromatic N) is 1. The van der Waals surface area contributed by atoms with Crippen LogP contribution in [0.5, 0.6) is 0 Å². The molecule has 0 saturated carbocycles. The number of carbonyl (C=O) groups is 4. The number of benzene rings is 3. The normalized spacial score (nSPS) is 15.1. The van der Waals surface area contributed by atoms with Gasteiger partial charge in [0, 0.05) is 24.9 Å². The number of ether oxygens (including phenoxy) is 2. The molecule has 0 radical (unpaired) electrons. The average molecular weight is 666 g/mol. The topological polar surface area (TPSA) is 144 Å². The second-order valence-electron chi connectivity index (χ2n) is 9.93. The first kappa shape index (κ1) is 32.2. The van der Waals surface area contributed by atoms with Gasteiger partial charge in [0.05, 0.1) is 12.2 Å². The summed E-state index contributed by atoms with van der Waals surface area (Å²) in [4.78, 5) is 57.3. The minimum atomic E-state index is -1.05. The van der Waals surface area contributed by atoms with E-state index in [1.54, 1.807) is 19.1 Å². The fourth-order valence-corrected chi connectivity index (χ4v) is 4.83. The molecule has 3 atom stereocenters. The van der Waals surface area contributed by atoms with E-state index in [0.717, 1.165) is 11.1 Å². The first-order chi connectivity index (χ1) is 21.3. The molecule has 11 nitrogen and oxygen atoms in total. The van der Waals surface area contributed by atoms with E-state index in [1.165, 1.54) is 12.1 Å². The Morgan fingerprint density at radius 1 is 0.864 bits per heavy atom. The molecule has 0 aromatic heterocycles. The summed E-state index contributed by atoms with van der Waals surface area (Å²) in [5.41, 5.74) is 2.35. The second kappa shape index (κ2) is 16.2. The SMILES string of the molecule is CCOC(=O)c1ccc(NC(=O)[C@H](CC2CC(Br)=NO2)NC(=O)[C@H](Cc2ccccc2)NC(=O)OCc2ccccc2)cc1. The Bertz CT molecular complexity index is 1450. The molecular weight excluding hydrogens is 632 g/mol. The maximum absolute atomic E-state index is 13.7. The van der Waals surface area contributed by atoms with E-state index in [1.807, 2.05) is 60.7 Å². The van der Waals surface area contributed by atoms with Crippen LogP contribution in [-0.2, 0) is 36.9 Å². The van der Waals surface area contributed by atoms with Gasteiger partial charge in [0.1, 0.15) is 29.4 Å². The van der Waals surface area contributed by atoms with Gasteiger partial charge in [0.15, 0.2) is 0 Å². The molecule has 0 fully saturated rings. The lowest BCUT2D eigenvalue weighted by atomic mass is 10.0. The third kappa shape index (κ3) is 9.94. The van der Waals surface area contributed by atoms with E-state index in [9.17, 15) is 19.2 Å². The lowest BCUT2D eigenvalue weighted by molar-refractivity contribution is -0.128. The van der Waals surface area contributed by atoms with E-state index < -0.39 is 42.1 Å². The Labute approximate surface area is 263 Å². The van der Waals surface area contributed by atoms with Gasteiger partial charge in [-0.25, -0.2) is 9.59 Å². The van der Waals surface area contributed by atoms with Gasteiger partial charge in [-0.3, -0.25) is 9.59 Å². The van der Waals surface area contributed by atoms with Crippen LogP contribution in [0, 0.1) is 0 Å². The van der Waals surface area contributed by atoms with Crippen LogP contribution in [0.3, 0.4) is 0 Å². The fourth-order valence-electron chi connectivity index (χ4n) is 4.39. The Morgan fingerprint density at radius 3 is 2.14 bits per heavy atom. The Morgan fingerprint density at radius 2 is 1.52 bits per heavy atom. The van der Waals surface area contributed by atoms with Crippen molar-refractivity contribution >= 4 is 50.1 Å². The molecule has 1 aliphatic rings. The van der Waals surface area contributed by atoms with Crippen LogP contribution in [0.25, 0.3) is 0 Å². The number of halogens is 1. The van der Waals surface area contributed by atoms with Gasteiger partial charge >= 0.3 is 12.1 Å². The van der Waals surface area contributed by atoms with Crippen molar-refractivity contribution in [2.24, 2.45) is 5.16 Å². The summed E-state index contributed by atoms with van der Waals surface area (Å²) in [5, 5.41) is 12.1. The molecule has 230 valence electrons. The van der Waals surface area contributed by atoms with Crippen molar-refractivity contribution in [3.8, 4) is 0 Å². The van der Waals surface area contributed by atoms with Gasteiger partial charge in [-0.05, 0) is 58.2 Å². The molecule has 0 saturated heterocycles. The summed E-state index contributed by atoms with van der Waals surface area (Å²) in [6, 6.07) is 22.5. The summed E-state index contributed by atoms with van der Waals surface area (Å²) >= 11 is 3.30. The number of esters is 1. The Balaban J connectivity index is 1.47. The van der Waals surface area contributed by atoms with Gasteiger partial charge in [0.25, 0.3) is 0 Å². The summed E-state index contributed by atoms with van der Waals surface area (Å²) in [6.07, 6.45) is -0.559. The molecule has 3 aromatic rings. The standard InChI is InChI=1S/C32H33BrN4O7/c1-2-42-31(40)23-13-15-24(16-14-23)34-29(38)27(18-25-19-28(33)37-44-25)35-30(39)26(17-21-9-5-3-6-10-21)36-32(41)43-20-22-11-7-4-8-12-22/h3-16,25-27H,2,17-20H2,1H3,(H,34,38)(H,35,39)(H,36,41)/t25?,26-,27-/m0/s1. The Kier molecular flexibility index (Phi) is 11.9. The van der Waals surface area contributed by atoms with E-state index in [0.29, 0.717) is 22.3 Å². The van der Waals surface area contributed by atoms with Crippen LogP contribution < -0.4 is 16.0 Å². The summed E-state index contributed by atoms with van der Waals surface area (Å²) in [7, 11) is 0. The van der Waals surface area contributed by atoms with Gasteiger partial charge in [-0.2, -0.15) is 0 Å². The number of oxime groups is 1. The predicted molar refractivity (Wildman–Crippen MR) is 167 cm³/mol. The van der Waals surface area contributed by atoms with Crippen LogP contribution in [0.4, 0.5) is 10.5 Å². The number of carbonyl (C=O) groups excluding carboxylic acids is 4. The van der Waals surface area contributed by atoms with Gasteiger partial charge in [0.2, 0.25) is 11.8 Å². The van der Waals surface area contributed by atoms with E-state index in [-0.39, 0.29) is 26.1 Å². The van der Waals surface area contributed by atoms with Crippen molar-refractivity contribution in [3.63, 3.8) is 0 Å². The number of nitrogens with one attached hydrogen (secondary N) is 3. The van der Waals surface area contributed by atoms with Gasteiger partial charge in [-0.1, -0.05) is 65.8 Å². The number of hydrogen-bond acceptors (Lipinski definition) is 8. The highest BCUT2D eigenvalue weighted by Gasteiger charge is 2.32. The zero-order valence-corrected chi connectivity index (χ0v) is 25.6. The van der Waals surface area contributed by atoms with Crippen LogP contribution in [-0.4, -0.2) is 53.3 Å². The van der Waals surface area contributed by atoms with Crippen molar-refractivity contribution in [1.29, 1.82) is 0 Å². The molecule has 0 spiro atoms. The summed E-state index contributed by atoms with van der Waals surface area (Å²) in [5.74, 6) is -1.57. The van der Waals surface area contributed by atoms with E-state index in [4.69, 9.17) is 14.3 Å². The number of hydrogen-bond donors (Lipinski definition) is 3. The smallest absolute Gasteiger partial charge is 0.408 e. The molecule has 12 heteroatoms. The largest absolute Gasteiger partial charge is 0.462 e. The third-order valence-electron chi connectivity index (χ3n) is 6.60. The average Bonchev–Trinajstić information content (AvgIpc) is 3.45. The highest BCUT2D eigenvalue weighted by atomic mass is 79.9. The molecule has 0 aliphatic carbocycles. The number of amides is 3. The van der Waals surface area contributed by atoms with Crippen molar-refractivity contribution in [2.45, 2.75) is 51.0 Å². The summed E-state index contributed by atoms with van der Waals surface area (Å²) < 4.78 is 10.9. The lowest BCUT2D eigenvalue weighted by Gasteiger charge is -2.24. The molecule has 4 rings (SSSR count). The van der Waals surface area contributed by atoms with Gasteiger partial charge in [-0.15, -0.1) is 0 Å². The minimum absolute atomic E-state index is 0.0280. The van der Waals surface area contributed by atoms with Crippen LogP contribution in [0.15, 0.2) is 90.1 Å². The zero-order chi connectivity index (χ0) is 31.3. The van der Waals surface area contributed by atoms with E-state index in [2.05, 4.69) is 37.0 Å². The molecular formula is C32H33BrN4O7. The van der Waals surface area contributed by atoms with Crippen LogP contribution >= 0.6 is 15.9 Å². The monoisotopic (exact) mass is 664 g/mol. The molecule has 3 aromatic carbocycles. The molecule has 1 unspecified atom stereocenters. The predicted octanol–water partition coefficient (Wildman–Crippen LogP) is 4.71. The number of rotatable bonds is 13. The van der Waals surface area contributed by atoms with Gasteiger partial charge < -0.3 is 30.3 Å².